The molecule has 0 fully saturated rings. The van der Waals surface area contributed by atoms with Gasteiger partial charge in [0.15, 0.2) is 6.17 Å². The van der Waals surface area contributed by atoms with Crippen LogP contribution in [0.5, 0.6) is 0 Å². The highest BCUT2D eigenvalue weighted by atomic mass is 16.3. The molecular formula is C59H39N3O. The van der Waals surface area contributed by atoms with Gasteiger partial charge in [0, 0.05) is 33.0 Å². The smallest absolute Gasteiger partial charge is 0.170 e. The molecule has 2 heterocycles. The molecule has 0 saturated heterocycles. The van der Waals surface area contributed by atoms with Crippen LogP contribution in [0.3, 0.4) is 0 Å². The van der Waals surface area contributed by atoms with Gasteiger partial charge in [0.2, 0.25) is 0 Å². The molecule has 1 atom stereocenters. The first-order valence-electron chi connectivity index (χ1n) is 21.4. The van der Waals surface area contributed by atoms with Crippen molar-refractivity contribution in [2.24, 2.45) is 9.98 Å². The van der Waals surface area contributed by atoms with Crippen molar-refractivity contribution in [1.29, 1.82) is 0 Å². The van der Waals surface area contributed by atoms with E-state index in [2.05, 4.69) is 230 Å². The Morgan fingerprint density at radius 3 is 1.67 bits per heavy atom. The second-order valence-electron chi connectivity index (χ2n) is 16.2. The molecule has 10 aromatic carbocycles. The summed E-state index contributed by atoms with van der Waals surface area (Å²) < 4.78 is 6.90. The third kappa shape index (κ3) is 6.66. The zero-order chi connectivity index (χ0) is 41.7. The maximum Gasteiger partial charge on any atom is 0.170 e. The Balaban J connectivity index is 1.00. The zero-order valence-electron chi connectivity index (χ0n) is 34.2. The lowest BCUT2D eigenvalue weighted by Gasteiger charge is -2.23. The summed E-state index contributed by atoms with van der Waals surface area (Å²) in [5, 5.41) is 10.5. The summed E-state index contributed by atoms with van der Waals surface area (Å²) in [4.78, 5) is 10.8. The van der Waals surface area contributed by atoms with Crippen LogP contribution in [0.4, 0.5) is 0 Å². The first-order chi connectivity index (χ1) is 31.2. The molecule has 1 aliphatic rings. The Labute approximate surface area is 365 Å². The maximum atomic E-state index is 6.90. The fourth-order valence-electron chi connectivity index (χ4n) is 9.20. The number of hydrogen-bond acceptors (Lipinski definition) is 4. The first-order valence-corrected chi connectivity index (χ1v) is 21.4. The number of para-hydroxylation sites is 1. The van der Waals surface area contributed by atoms with E-state index in [1.54, 1.807) is 0 Å². The number of aliphatic imine (C=N–C) groups is 2. The molecule has 296 valence electrons. The van der Waals surface area contributed by atoms with Gasteiger partial charge in [-0.2, -0.15) is 0 Å². The SMILES string of the molecule is c1ccc(-c2cc(-c3ccccc3)cc(-c3cccc4c3oc3cccc(C5N=C(c6ccc(-c7cccc8ccccc78)cc6)NC(c6ccc7ccccc7c6)=N5)c34)c2)cc1. The van der Waals surface area contributed by atoms with E-state index in [1.807, 2.05) is 0 Å². The first kappa shape index (κ1) is 36.5. The summed E-state index contributed by atoms with van der Waals surface area (Å²) in [5.74, 6) is 1.53. The Hall–Kier alpha value is -8.34. The van der Waals surface area contributed by atoms with Crippen molar-refractivity contribution < 1.29 is 4.42 Å². The van der Waals surface area contributed by atoms with E-state index < -0.39 is 6.17 Å². The highest BCUT2D eigenvalue weighted by Crippen LogP contribution is 2.42. The van der Waals surface area contributed by atoms with Crippen molar-refractivity contribution in [3.8, 4) is 44.5 Å². The molecule has 1 N–H and O–H groups in total. The normalized spacial score (nSPS) is 13.9. The molecular weight excluding hydrogens is 767 g/mol. The van der Waals surface area contributed by atoms with Gasteiger partial charge in [-0.15, -0.1) is 0 Å². The number of nitrogens with one attached hydrogen (secondary N) is 1. The molecule has 4 heteroatoms. The van der Waals surface area contributed by atoms with Crippen LogP contribution in [-0.2, 0) is 0 Å². The molecule has 11 aromatic rings. The number of amidine groups is 2. The number of fused-ring (bicyclic) bond motifs is 5. The van der Waals surface area contributed by atoms with Gasteiger partial charge in [0.05, 0.1) is 0 Å². The maximum absolute atomic E-state index is 6.90. The molecule has 0 amide bonds. The van der Waals surface area contributed by atoms with E-state index in [9.17, 15) is 0 Å². The lowest BCUT2D eigenvalue weighted by Crippen LogP contribution is -2.36. The number of hydrogen-bond donors (Lipinski definition) is 1. The summed E-state index contributed by atoms with van der Waals surface area (Å²) in [6, 6.07) is 79.4. The van der Waals surface area contributed by atoms with E-state index in [1.165, 1.54) is 32.8 Å². The molecule has 0 radical (unpaired) electrons. The van der Waals surface area contributed by atoms with Gasteiger partial charge in [-0.25, -0.2) is 9.98 Å². The van der Waals surface area contributed by atoms with Crippen LogP contribution in [0.2, 0.25) is 0 Å². The minimum absolute atomic E-state index is 0.542. The average molecular weight is 806 g/mol. The third-order valence-electron chi connectivity index (χ3n) is 12.3. The van der Waals surface area contributed by atoms with Crippen LogP contribution < -0.4 is 5.32 Å². The topological polar surface area (TPSA) is 49.9 Å². The third-order valence-corrected chi connectivity index (χ3v) is 12.3. The number of benzene rings is 10. The van der Waals surface area contributed by atoms with E-state index in [0.29, 0.717) is 0 Å². The lowest BCUT2D eigenvalue weighted by molar-refractivity contribution is 0.668. The molecule has 1 aromatic heterocycles. The predicted octanol–water partition coefficient (Wildman–Crippen LogP) is 15.1. The highest BCUT2D eigenvalue weighted by Gasteiger charge is 2.25. The Morgan fingerprint density at radius 1 is 0.349 bits per heavy atom. The fraction of sp³-hybridized carbons (Fsp3) is 0.0169. The van der Waals surface area contributed by atoms with Crippen molar-refractivity contribution >= 4 is 55.2 Å². The number of rotatable bonds is 7. The van der Waals surface area contributed by atoms with Gasteiger partial charge in [-0.3, -0.25) is 0 Å². The quantitative estimate of drug-likeness (QED) is 0.174. The van der Waals surface area contributed by atoms with Crippen molar-refractivity contribution in [1.82, 2.24) is 5.32 Å². The van der Waals surface area contributed by atoms with E-state index in [4.69, 9.17) is 14.4 Å². The molecule has 0 saturated carbocycles. The number of furan rings is 1. The minimum Gasteiger partial charge on any atom is -0.455 e. The van der Waals surface area contributed by atoms with Gasteiger partial charge in [-0.1, -0.05) is 194 Å². The van der Waals surface area contributed by atoms with Gasteiger partial charge < -0.3 is 9.73 Å². The largest absolute Gasteiger partial charge is 0.455 e. The predicted molar refractivity (Wildman–Crippen MR) is 262 cm³/mol. The summed E-state index contributed by atoms with van der Waals surface area (Å²) in [6.45, 7) is 0. The second kappa shape index (κ2) is 15.3. The monoisotopic (exact) mass is 805 g/mol. The van der Waals surface area contributed by atoms with Crippen molar-refractivity contribution in [3.05, 3.63) is 241 Å². The van der Waals surface area contributed by atoms with Crippen LogP contribution in [0.15, 0.2) is 239 Å². The van der Waals surface area contributed by atoms with Crippen molar-refractivity contribution in [2.45, 2.75) is 6.17 Å². The van der Waals surface area contributed by atoms with Gasteiger partial charge >= 0.3 is 0 Å². The molecule has 1 unspecified atom stereocenters. The molecule has 0 bridgehead atoms. The molecule has 12 rings (SSSR count). The van der Waals surface area contributed by atoms with Crippen molar-refractivity contribution in [3.63, 3.8) is 0 Å². The molecule has 63 heavy (non-hydrogen) atoms. The molecule has 4 nitrogen and oxygen atoms in total. The average Bonchev–Trinajstić information content (AvgIpc) is 3.76. The lowest BCUT2D eigenvalue weighted by atomic mass is 9.92. The van der Waals surface area contributed by atoms with Crippen LogP contribution in [0.1, 0.15) is 22.9 Å². The van der Waals surface area contributed by atoms with Crippen LogP contribution in [0.25, 0.3) is 88.0 Å². The van der Waals surface area contributed by atoms with Gasteiger partial charge in [0.25, 0.3) is 0 Å². The summed E-state index contributed by atoms with van der Waals surface area (Å²) in [5.41, 5.74) is 13.7. The Morgan fingerprint density at radius 2 is 0.905 bits per heavy atom. The van der Waals surface area contributed by atoms with E-state index in [0.717, 1.165) is 83.5 Å². The molecule has 1 aliphatic heterocycles. The molecule has 0 spiro atoms. The molecule has 0 aliphatic carbocycles. The number of nitrogens with zero attached hydrogens (tertiary/aromatic N) is 2. The van der Waals surface area contributed by atoms with Crippen LogP contribution in [-0.4, -0.2) is 11.7 Å². The summed E-state index contributed by atoms with van der Waals surface area (Å²) >= 11 is 0. The fourth-order valence-corrected chi connectivity index (χ4v) is 9.20. The Kier molecular flexibility index (Phi) is 8.86. The van der Waals surface area contributed by atoms with Gasteiger partial charge in [0.1, 0.15) is 22.8 Å². The minimum atomic E-state index is -0.542. The van der Waals surface area contributed by atoms with E-state index >= 15 is 0 Å². The standard InChI is InChI=1S/C59H39N3O/c1-3-14-38(15-4-1)46-35-47(39-16-5-2-6-17-39)37-48(36-46)51-24-12-25-52-55-53(26-13-27-54(55)63-56(51)52)59-61-57(60-58(62-59)45-33-28-40-18-7-8-20-44(40)34-45)43-31-29-42(30-32-43)50-23-11-21-41-19-9-10-22-49(41)50/h1-37,59H,(H,60,61,62). The zero-order valence-corrected chi connectivity index (χ0v) is 34.2. The van der Waals surface area contributed by atoms with Crippen molar-refractivity contribution in [2.75, 3.05) is 0 Å². The van der Waals surface area contributed by atoms with E-state index in [-0.39, 0.29) is 0 Å². The van der Waals surface area contributed by atoms with Crippen LogP contribution in [0, 0.1) is 0 Å². The Bertz CT molecular complexity index is 3520. The second-order valence-corrected chi connectivity index (χ2v) is 16.2. The van der Waals surface area contributed by atoms with Gasteiger partial charge in [-0.05, 0) is 90.8 Å². The summed E-state index contributed by atoms with van der Waals surface area (Å²) in [7, 11) is 0. The highest BCUT2D eigenvalue weighted by molar-refractivity contribution is 6.17. The van der Waals surface area contributed by atoms with Crippen LogP contribution >= 0.6 is 0 Å². The summed E-state index contributed by atoms with van der Waals surface area (Å²) in [6.07, 6.45) is -0.542.